The van der Waals surface area contributed by atoms with Crippen molar-refractivity contribution < 1.29 is 4.79 Å². The van der Waals surface area contributed by atoms with E-state index >= 15 is 0 Å². The zero-order chi connectivity index (χ0) is 23.0. The Kier molecular flexibility index (Phi) is 8.01. The number of rotatable bonds is 7. The average Bonchev–Trinajstić information content (AvgIpc) is 2.85. The Labute approximate surface area is 198 Å². The molecule has 174 valence electrons. The molecule has 2 aromatic rings. The Balaban J connectivity index is 1.30. The van der Waals surface area contributed by atoms with E-state index in [-0.39, 0.29) is 11.9 Å². The first kappa shape index (κ1) is 23.3. The molecule has 0 spiro atoms. The first-order valence-electron chi connectivity index (χ1n) is 12.5. The summed E-state index contributed by atoms with van der Waals surface area (Å²) in [6.07, 6.45) is 8.24. The van der Waals surface area contributed by atoms with E-state index in [1.807, 2.05) is 24.3 Å². The molecule has 3 atom stereocenters. The van der Waals surface area contributed by atoms with Crippen molar-refractivity contribution in [1.29, 1.82) is 5.26 Å². The number of anilines is 1. The van der Waals surface area contributed by atoms with Gasteiger partial charge in [0.05, 0.1) is 11.6 Å². The Morgan fingerprint density at radius 2 is 1.79 bits per heavy atom. The van der Waals surface area contributed by atoms with Crippen molar-refractivity contribution in [2.45, 2.75) is 76.4 Å². The number of carbonyl (C=O) groups excluding carboxylic acids is 1. The first-order valence-corrected chi connectivity index (χ1v) is 12.5. The van der Waals surface area contributed by atoms with Crippen LogP contribution in [-0.4, -0.2) is 37.1 Å². The lowest BCUT2D eigenvalue weighted by Gasteiger charge is -2.40. The van der Waals surface area contributed by atoms with Gasteiger partial charge in [-0.15, -0.1) is 0 Å². The van der Waals surface area contributed by atoms with Crippen LogP contribution >= 0.6 is 0 Å². The summed E-state index contributed by atoms with van der Waals surface area (Å²) in [7, 11) is 0. The highest BCUT2D eigenvalue weighted by molar-refractivity contribution is 5.76. The van der Waals surface area contributed by atoms with Crippen LogP contribution < -0.4 is 15.5 Å². The van der Waals surface area contributed by atoms with Crippen LogP contribution in [-0.2, 0) is 11.2 Å². The van der Waals surface area contributed by atoms with Crippen LogP contribution in [0, 0.1) is 18.3 Å². The van der Waals surface area contributed by atoms with E-state index in [2.05, 4.69) is 52.8 Å². The van der Waals surface area contributed by atoms with E-state index in [9.17, 15) is 4.79 Å². The quantitative estimate of drug-likeness (QED) is 0.660. The molecule has 0 radical (unpaired) electrons. The molecule has 0 bridgehead atoms. The maximum Gasteiger partial charge on any atom is 0.220 e. The maximum absolute atomic E-state index is 12.8. The number of carbonyl (C=O) groups is 1. The maximum atomic E-state index is 12.8. The first-order chi connectivity index (χ1) is 16.1. The van der Waals surface area contributed by atoms with E-state index in [0.29, 0.717) is 24.1 Å². The van der Waals surface area contributed by atoms with Crippen LogP contribution in [0.1, 0.15) is 61.6 Å². The fourth-order valence-corrected chi connectivity index (χ4v) is 5.32. The SMILES string of the molecule is Cc1ccccc1CCC(=O)N[C@@H]1CCCC[C@H]1NC1CCCN(c2ccc(C#N)cc2)C1. The minimum atomic E-state index is 0.166. The average molecular weight is 445 g/mol. The highest BCUT2D eigenvalue weighted by Gasteiger charge is 2.30. The van der Waals surface area contributed by atoms with Gasteiger partial charge in [-0.05, 0) is 74.4 Å². The molecule has 1 saturated heterocycles. The summed E-state index contributed by atoms with van der Waals surface area (Å²) < 4.78 is 0. The van der Waals surface area contributed by atoms with Gasteiger partial charge in [-0.1, -0.05) is 37.1 Å². The summed E-state index contributed by atoms with van der Waals surface area (Å²) in [6.45, 7) is 4.13. The predicted molar refractivity (Wildman–Crippen MR) is 133 cm³/mol. The van der Waals surface area contributed by atoms with Crippen LogP contribution in [0.25, 0.3) is 0 Å². The minimum absolute atomic E-state index is 0.166. The Morgan fingerprint density at radius 1 is 1.03 bits per heavy atom. The van der Waals surface area contributed by atoms with Gasteiger partial charge in [0.15, 0.2) is 0 Å². The van der Waals surface area contributed by atoms with Gasteiger partial charge < -0.3 is 15.5 Å². The molecule has 2 N–H and O–H groups in total. The van der Waals surface area contributed by atoms with E-state index in [0.717, 1.165) is 45.2 Å². The standard InChI is InChI=1S/C28H36N4O/c1-21-7-2-3-8-23(21)14-17-28(33)31-27-11-5-4-10-26(27)30-24-9-6-18-32(20-24)25-15-12-22(19-29)13-16-25/h2-3,7-8,12-13,15-16,24,26-27,30H,4-6,9-11,14,17-18,20H2,1H3,(H,31,33)/t24?,26-,27-/m1/s1. The van der Waals surface area contributed by atoms with Gasteiger partial charge in [0.25, 0.3) is 0 Å². The number of aryl methyl sites for hydroxylation is 2. The van der Waals surface area contributed by atoms with Gasteiger partial charge in [-0.25, -0.2) is 0 Å². The number of nitrogens with one attached hydrogen (secondary N) is 2. The number of nitrogens with zero attached hydrogens (tertiary/aromatic N) is 2. The molecule has 2 fully saturated rings. The summed E-state index contributed by atoms with van der Waals surface area (Å²) >= 11 is 0. The molecule has 2 aromatic carbocycles. The van der Waals surface area contributed by atoms with E-state index in [4.69, 9.17) is 5.26 Å². The monoisotopic (exact) mass is 444 g/mol. The van der Waals surface area contributed by atoms with E-state index < -0.39 is 0 Å². The summed E-state index contributed by atoms with van der Waals surface area (Å²) in [6, 6.07) is 19.4. The lowest BCUT2D eigenvalue weighted by molar-refractivity contribution is -0.122. The van der Waals surface area contributed by atoms with Gasteiger partial charge in [0, 0.05) is 43.3 Å². The zero-order valence-electron chi connectivity index (χ0n) is 19.7. The van der Waals surface area contributed by atoms with Crippen molar-refractivity contribution in [3.8, 4) is 6.07 Å². The second-order valence-electron chi connectivity index (χ2n) is 9.60. The number of piperidine rings is 1. The minimum Gasteiger partial charge on any atom is -0.370 e. The number of nitriles is 1. The summed E-state index contributed by atoms with van der Waals surface area (Å²) in [5.74, 6) is 0.166. The molecule has 1 amide bonds. The van der Waals surface area contributed by atoms with Crippen LogP contribution in [0.3, 0.4) is 0 Å². The van der Waals surface area contributed by atoms with Crippen LogP contribution in [0.5, 0.6) is 0 Å². The predicted octanol–water partition coefficient (Wildman–Crippen LogP) is 4.49. The molecule has 1 aliphatic heterocycles. The number of hydrogen-bond acceptors (Lipinski definition) is 4. The lowest BCUT2D eigenvalue weighted by Crippen LogP contribution is -2.57. The topological polar surface area (TPSA) is 68.2 Å². The van der Waals surface area contributed by atoms with Crippen LogP contribution in [0.2, 0.25) is 0 Å². The third kappa shape index (κ3) is 6.36. The van der Waals surface area contributed by atoms with Crippen molar-refractivity contribution in [3.05, 3.63) is 65.2 Å². The van der Waals surface area contributed by atoms with Gasteiger partial charge in [-0.3, -0.25) is 4.79 Å². The van der Waals surface area contributed by atoms with Gasteiger partial charge in [-0.2, -0.15) is 5.26 Å². The van der Waals surface area contributed by atoms with Crippen molar-refractivity contribution in [2.75, 3.05) is 18.0 Å². The third-order valence-corrected chi connectivity index (χ3v) is 7.23. The molecule has 5 nitrogen and oxygen atoms in total. The smallest absolute Gasteiger partial charge is 0.220 e. The molecule has 1 aliphatic carbocycles. The van der Waals surface area contributed by atoms with Gasteiger partial charge in [0.1, 0.15) is 0 Å². The molecular formula is C28H36N4O. The Bertz CT molecular complexity index is 965. The van der Waals surface area contributed by atoms with Crippen molar-refractivity contribution in [3.63, 3.8) is 0 Å². The number of hydrogen-bond donors (Lipinski definition) is 2. The van der Waals surface area contributed by atoms with E-state index in [1.54, 1.807) is 0 Å². The highest BCUT2D eigenvalue weighted by Crippen LogP contribution is 2.24. The normalized spacial score (nSPS) is 23.0. The number of amides is 1. The highest BCUT2D eigenvalue weighted by atomic mass is 16.1. The Morgan fingerprint density at radius 3 is 2.55 bits per heavy atom. The van der Waals surface area contributed by atoms with Crippen LogP contribution in [0.4, 0.5) is 5.69 Å². The fourth-order valence-electron chi connectivity index (χ4n) is 5.32. The molecule has 1 unspecified atom stereocenters. The molecule has 4 rings (SSSR count). The second-order valence-corrected chi connectivity index (χ2v) is 9.60. The third-order valence-electron chi connectivity index (χ3n) is 7.23. The van der Waals surface area contributed by atoms with Crippen molar-refractivity contribution in [2.24, 2.45) is 0 Å². The van der Waals surface area contributed by atoms with Crippen molar-refractivity contribution in [1.82, 2.24) is 10.6 Å². The molecular weight excluding hydrogens is 408 g/mol. The second kappa shape index (κ2) is 11.3. The summed E-state index contributed by atoms with van der Waals surface area (Å²) in [5.41, 5.74) is 4.40. The van der Waals surface area contributed by atoms with Gasteiger partial charge >= 0.3 is 0 Å². The van der Waals surface area contributed by atoms with E-state index in [1.165, 1.54) is 29.7 Å². The number of benzene rings is 2. The molecule has 33 heavy (non-hydrogen) atoms. The molecule has 5 heteroatoms. The van der Waals surface area contributed by atoms with Gasteiger partial charge in [0.2, 0.25) is 5.91 Å². The molecule has 1 saturated carbocycles. The van der Waals surface area contributed by atoms with Crippen molar-refractivity contribution >= 4 is 11.6 Å². The molecule has 1 heterocycles. The summed E-state index contributed by atoms with van der Waals surface area (Å²) in [5, 5.41) is 16.3. The molecule has 0 aromatic heterocycles. The molecule has 2 aliphatic rings. The largest absolute Gasteiger partial charge is 0.370 e. The Hall–Kier alpha value is -2.84. The van der Waals surface area contributed by atoms with Crippen LogP contribution in [0.15, 0.2) is 48.5 Å². The lowest BCUT2D eigenvalue weighted by atomic mass is 9.88. The zero-order valence-corrected chi connectivity index (χ0v) is 19.7. The fraction of sp³-hybridized carbons (Fsp3) is 0.500. The summed E-state index contributed by atoms with van der Waals surface area (Å²) in [4.78, 5) is 15.2.